The molecule has 0 aromatic carbocycles. The van der Waals surface area contributed by atoms with Gasteiger partial charge in [0.2, 0.25) is 0 Å². The lowest BCUT2D eigenvalue weighted by molar-refractivity contribution is -0.156. The average Bonchev–Trinajstić information content (AvgIpc) is 2.97. The van der Waals surface area contributed by atoms with Crippen LogP contribution in [0.4, 0.5) is 0 Å². The number of ketones is 1. The molecule has 1 fully saturated rings. The number of allylic oxidation sites excluding steroid dienone is 2. The van der Waals surface area contributed by atoms with Gasteiger partial charge in [0.25, 0.3) is 0 Å². The van der Waals surface area contributed by atoms with Gasteiger partial charge in [-0.3, -0.25) is 14.4 Å². The zero-order valence-corrected chi connectivity index (χ0v) is 10.4. The standard InChI is InChI=1S/C12H16O5/c1-5-6-8-9(10(14)16-3)12(8,7(2)13)11(15)17-4/h5-6,8-9H,1-4H3/b6-5+/t8-,9+,12+/m1/s1. The molecule has 0 unspecified atom stereocenters. The Balaban J connectivity index is 3.17. The molecule has 0 aliphatic heterocycles. The second-order valence-electron chi connectivity index (χ2n) is 3.97. The summed E-state index contributed by atoms with van der Waals surface area (Å²) in [5, 5.41) is 0. The van der Waals surface area contributed by atoms with Crippen molar-refractivity contribution >= 4 is 17.7 Å². The van der Waals surface area contributed by atoms with Gasteiger partial charge in [-0.15, -0.1) is 0 Å². The smallest absolute Gasteiger partial charge is 0.320 e. The van der Waals surface area contributed by atoms with E-state index in [1.165, 1.54) is 21.1 Å². The predicted octanol–water partition coefficient (Wildman–Crippen LogP) is 0.730. The summed E-state index contributed by atoms with van der Waals surface area (Å²) in [7, 11) is 2.43. The molecule has 0 aromatic rings. The summed E-state index contributed by atoms with van der Waals surface area (Å²) in [6, 6.07) is 0. The first kappa shape index (κ1) is 13.4. The van der Waals surface area contributed by atoms with E-state index in [-0.39, 0.29) is 5.78 Å². The van der Waals surface area contributed by atoms with Gasteiger partial charge in [-0.25, -0.2) is 0 Å². The minimum absolute atomic E-state index is 0.372. The van der Waals surface area contributed by atoms with Crippen LogP contribution in [0, 0.1) is 17.3 Å². The van der Waals surface area contributed by atoms with Crippen LogP contribution in [0.3, 0.4) is 0 Å². The molecule has 1 rings (SSSR count). The van der Waals surface area contributed by atoms with E-state index in [1.807, 2.05) is 0 Å². The molecule has 5 nitrogen and oxygen atoms in total. The number of methoxy groups -OCH3 is 2. The molecule has 1 aliphatic carbocycles. The summed E-state index contributed by atoms with van der Waals surface area (Å²) in [5.74, 6) is -2.85. The molecule has 0 radical (unpaired) electrons. The van der Waals surface area contributed by atoms with Crippen molar-refractivity contribution in [2.75, 3.05) is 14.2 Å². The summed E-state index contributed by atoms with van der Waals surface area (Å²) in [6.07, 6.45) is 3.37. The molecule has 3 atom stereocenters. The van der Waals surface area contributed by atoms with Gasteiger partial charge in [-0.1, -0.05) is 12.2 Å². The van der Waals surface area contributed by atoms with E-state index >= 15 is 0 Å². The molecule has 94 valence electrons. The van der Waals surface area contributed by atoms with Gasteiger partial charge < -0.3 is 9.47 Å². The van der Waals surface area contributed by atoms with Crippen LogP contribution in [0.2, 0.25) is 0 Å². The predicted molar refractivity (Wildman–Crippen MR) is 58.9 cm³/mol. The molecule has 17 heavy (non-hydrogen) atoms. The minimum Gasteiger partial charge on any atom is -0.469 e. The van der Waals surface area contributed by atoms with Crippen molar-refractivity contribution in [3.8, 4) is 0 Å². The molecule has 0 bridgehead atoms. The molecule has 0 spiro atoms. The zero-order valence-electron chi connectivity index (χ0n) is 10.4. The van der Waals surface area contributed by atoms with Crippen molar-refractivity contribution in [1.29, 1.82) is 0 Å². The van der Waals surface area contributed by atoms with Gasteiger partial charge in [0, 0.05) is 5.92 Å². The highest BCUT2D eigenvalue weighted by Crippen LogP contribution is 2.61. The summed E-state index contributed by atoms with van der Waals surface area (Å²) in [5.41, 5.74) is -1.39. The lowest BCUT2D eigenvalue weighted by Crippen LogP contribution is -2.30. The number of hydrogen-bond acceptors (Lipinski definition) is 5. The summed E-state index contributed by atoms with van der Waals surface area (Å²) in [6.45, 7) is 3.05. The van der Waals surface area contributed by atoms with Crippen LogP contribution in [0.1, 0.15) is 13.8 Å². The maximum Gasteiger partial charge on any atom is 0.320 e. The number of esters is 2. The monoisotopic (exact) mass is 240 g/mol. The normalized spacial score (nSPS) is 31.1. The first-order valence-corrected chi connectivity index (χ1v) is 5.28. The quantitative estimate of drug-likeness (QED) is 0.411. The van der Waals surface area contributed by atoms with Gasteiger partial charge >= 0.3 is 11.9 Å². The number of carbonyl (C=O) groups is 3. The highest BCUT2D eigenvalue weighted by molar-refractivity contribution is 6.12. The van der Waals surface area contributed by atoms with Gasteiger partial charge in [0.15, 0.2) is 0 Å². The van der Waals surface area contributed by atoms with E-state index < -0.39 is 29.2 Å². The van der Waals surface area contributed by atoms with Crippen LogP contribution in [0.25, 0.3) is 0 Å². The van der Waals surface area contributed by atoms with Gasteiger partial charge in [0.05, 0.1) is 20.1 Å². The van der Waals surface area contributed by atoms with Crippen LogP contribution >= 0.6 is 0 Å². The molecule has 0 saturated heterocycles. The fourth-order valence-electron chi connectivity index (χ4n) is 2.37. The van der Waals surface area contributed by atoms with Gasteiger partial charge in [-0.05, 0) is 13.8 Å². The lowest BCUT2D eigenvalue weighted by Gasteiger charge is -2.10. The first-order chi connectivity index (χ1) is 7.98. The van der Waals surface area contributed by atoms with E-state index in [9.17, 15) is 14.4 Å². The molecular weight excluding hydrogens is 224 g/mol. The molecule has 0 aromatic heterocycles. The Morgan fingerprint density at radius 1 is 1.18 bits per heavy atom. The molecule has 5 heteroatoms. The van der Waals surface area contributed by atoms with E-state index in [4.69, 9.17) is 0 Å². The third kappa shape index (κ3) is 1.75. The minimum atomic E-state index is -1.39. The number of Topliss-reactive ketones (excluding diaryl/α,β-unsaturated/α-hetero) is 1. The van der Waals surface area contributed by atoms with Crippen LogP contribution in [-0.4, -0.2) is 31.9 Å². The van der Waals surface area contributed by atoms with Crippen LogP contribution in [0.5, 0.6) is 0 Å². The maximum absolute atomic E-state index is 11.8. The van der Waals surface area contributed by atoms with E-state index in [0.29, 0.717) is 0 Å². The first-order valence-electron chi connectivity index (χ1n) is 5.28. The summed E-state index contributed by atoms with van der Waals surface area (Å²) >= 11 is 0. The Bertz CT molecular complexity index is 384. The van der Waals surface area contributed by atoms with E-state index in [2.05, 4.69) is 9.47 Å². The number of hydrogen-bond donors (Lipinski definition) is 0. The van der Waals surface area contributed by atoms with Crippen molar-refractivity contribution in [2.24, 2.45) is 17.3 Å². The van der Waals surface area contributed by atoms with Crippen molar-refractivity contribution in [3.63, 3.8) is 0 Å². The molecule has 1 aliphatic rings. The van der Waals surface area contributed by atoms with Crippen molar-refractivity contribution in [1.82, 2.24) is 0 Å². The second-order valence-corrected chi connectivity index (χ2v) is 3.97. The zero-order chi connectivity index (χ0) is 13.2. The third-order valence-electron chi connectivity index (χ3n) is 3.23. The molecule has 0 N–H and O–H groups in total. The van der Waals surface area contributed by atoms with E-state index in [1.54, 1.807) is 19.1 Å². The Morgan fingerprint density at radius 3 is 2.12 bits per heavy atom. The highest BCUT2D eigenvalue weighted by Gasteiger charge is 2.76. The second kappa shape index (κ2) is 4.69. The lowest BCUT2D eigenvalue weighted by atomic mass is 9.97. The Hall–Kier alpha value is -1.65. The molecular formula is C12H16O5. The van der Waals surface area contributed by atoms with Crippen molar-refractivity contribution in [2.45, 2.75) is 13.8 Å². The fraction of sp³-hybridized carbons (Fsp3) is 0.583. The van der Waals surface area contributed by atoms with Crippen molar-refractivity contribution < 1.29 is 23.9 Å². The third-order valence-corrected chi connectivity index (χ3v) is 3.23. The fourth-order valence-corrected chi connectivity index (χ4v) is 2.37. The van der Waals surface area contributed by atoms with Crippen LogP contribution in [0.15, 0.2) is 12.2 Å². The topological polar surface area (TPSA) is 69.7 Å². The largest absolute Gasteiger partial charge is 0.469 e. The SMILES string of the molecule is C/C=C/[C@@H]1[C@@H](C(=O)OC)[C@@]1(C(C)=O)C(=O)OC. The number of rotatable bonds is 4. The number of carbonyl (C=O) groups excluding carboxylic acids is 3. The Kier molecular flexibility index (Phi) is 3.70. The molecule has 0 heterocycles. The van der Waals surface area contributed by atoms with Crippen LogP contribution in [-0.2, 0) is 23.9 Å². The molecule has 0 amide bonds. The maximum atomic E-state index is 11.8. The Labute approximate surface area is 99.8 Å². The average molecular weight is 240 g/mol. The summed E-state index contributed by atoms with van der Waals surface area (Å²) < 4.78 is 9.26. The van der Waals surface area contributed by atoms with Gasteiger partial charge in [-0.2, -0.15) is 0 Å². The van der Waals surface area contributed by atoms with Crippen LogP contribution < -0.4 is 0 Å². The highest BCUT2D eigenvalue weighted by atomic mass is 16.5. The Morgan fingerprint density at radius 2 is 1.76 bits per heavy atom. The summed E-state index contributed by atoms with van der Waals surface area (Å²) in [4.78, 5) is 35.1. The van der Waals surface area contributed by atoms with Crippen molar-refractivity contribution in [3.05, 3.63) is 12.2 Å². The molecule has 1 saturated carbocycles. The van der Waals surface area contributed by atoms with Gasteiger partial charge in [0.1, 0.15) is 11.2 Å². The number of ether oxygens (including phenoxy) is 2. The van der Waals surface area contributed by atoms with E-state index in [0.717, 1.165) is 0 Å².